The molecule has 0 aromatic rings. The van der Waals surface area contributed by atoms with Gasteiger partial charge in [-0.25, -0.2) is 0 Å². The summed E-state index contributed by atoms with van der Waals surface area (Å²) in [5.41, 5.74) is 1.28. The largest absolute Gasteiger partial charge is 0.381 e. The van der Waals surface area contributed by atoms with Crippen LogP contribution in [0.4, 0.5) is 0 Å². The topological polar surface area (TPSA) is 9.23 Å². The first kappa shape index (κ1) is 10.7. The molecular formula is C10H20O. The third-order valence-electron chi connectivity index (χ3n) is 1.49. The van der Waals surface area contributed by atoms with Crippen molar-refractivity contribution in [2.45, 2.75) is 39.5 Å². The van der Waals surface area contributed by atoms with Gasteiger partial charge in [0.1, 0.15) is 0 Å². The van der Waals surface area contributed by atoms with Crippen LogP contribution >= 0.6 is 0 Å². The Morgan fingerprint density at radius 2 is 2.00 bits per heavy atom. The zero-order valence-corrected chi connectivity index (χ0v) is 7.86. The molecule has 0 aliphatic carbocycles. The van der Waals surface area contributed by atoms with Gasteiger partial charge in [0.2, 0.25) is 0 Å². The van der Waals surface area contributed by atoms with E-state index in [1.165, 1.54) is 18.4 Å². The minimum atomic E-state index is 0.910. The Kier molecular flexibility index (Phi) is 7.59. The van der Waals surface area contributed by atoms with Gasteiger partial charge in [-0.1, -0.05) is 12.5 Å². The second kappa shape index (κ2) is 7.80. The van der Waals surface area contributed by atoms with Crippen molar-refractivity contribution in [3.05, 3.63) is 12.2 Å². The molecule has 0 aliphatic heterocycles. The van der Waals surface area contributed by atoms with Crippen LogP contribution in [0.3, 0.4) is 0 Å². The summed E-state index contributed by atoms with van der Waals surface area (Å²) in [6.07, 6.45) is 4.67. The molecule has 0 saturated carbocycles. The minimum Gasteiger partial charge on any atom is -0.381 e. The monoisotopic (exact) mass is 156 g/mol. The van der Waals surface area contributed by atoms with E-state index in [9.17, 15) is 0 Å². The lowest BCUT2D eigenvalue weighted by Gasteiger charge is -2.01. The summed E-state index contributed by atoms with van der Waals surface area (Å²) in [6.45, 7) is 9.88. The molecule has 0 unspecified atom stereocenters. The molecule has 0 rings (SSSR count). The molecule has 66 valence electrons. The van der Waals surface area contributed by atoms with E-state index in [1.807, 2.05) is 0 Å². The second-order valence-corrected chi connectivity index (χ2v) is 3.03. The Labute approximate surface area is 70.4 Å². The van der Waals surface area contributed by atoms with Crippen LogP contribution < -0.4 is 0 Å². The van der Waals surface area contributed by atoms with Crippen molar-refractivity contribution in [1.82, 2.24) is 0 Å². The Hall–Kier alpha value is -0.300. The summed E-state index contributed by atoms with van der Waals surface area (Å²) in [6, 6.07) is 0. The van der Waals surface area contributed by atoms with Gasteiger partial charge in [-0.2, -0.15) is 0 Å². The van der Waals surface area contributed by atoms with Crippen LogP contribution in [0.15, 0.2) is 12.2 Å². The summed E-state index contributed by atoms with van der Waals surface area (Å²) in [4.78, 5) is 0. The van der Waals surface area contributed by atoms with Crippen LogP contribution in [0.1, 0.15) is 39.5 Å². The molecule has 0 spiro atoms. The van der Waals surface area contributed by atoms with Gasteiger partial charge in [-0.15, -0.1) is 6.58 Å². The van der Waals surface area contributed by atoms with Crippen LogP contribution in [-0.4, -0.2) is 13.2 Å². The molecule has 0 N–H and O–H groups in total. The van der Waals surface area contributed by atoms with Crippen molar-refractivity contribution in [2.24, 2.45) is 0 Å². The molecule has 0 radical (unpaired) electrons. The number of hydrogen-bond donors (Lipinski definition) is 0. The van der Waals surface area contributed by atoms with E-state index < -0.39 is 0 Å². The predicted octanol–water partition coefficient (Wildman–Crippen LogP) is 3.16. The average molecular weight is 156 g/mol. The first-order valence-electron chi connectivity index (χ1n) is 4.49. The standard InChI is InChI=1S/C10H20O/c1-4-8-11-9-6-5-7-10(2)3/h2,4-9H2,1,3H3. The Morgan fingerprint density at radius 1 is 1.27 bits per heavy atom. The van der Waals surface area contributed by atoms with Gasteiger partial charge in [-0.05, 0) is 32.6 Å². The van der Waals surface area contributed by atoms with Gasteiger partial charge >= 0.3 is 0 Å². The molecular weight excluding hydrogens is 136 g/mol. The van der Waals surface area contributed by atoms with Crippen molar-refractivity contribution in [2.75, 3.05) is 13.2 Å². The van der Waals surface area contributed by atoms with Crippen molar-refractivity contribution in [3.63, 3.8) is 0 Å². The third-order valence-corrected chi connectivity index (χ3v) is 1.49. The normalized spacial score (nSPS) is 10.0. The van der Waals surface area contributed by atoms with Crippen LogP contribution in [0.2, 0.25) is 0 Å². The maximum absolute atomic E-state index is 5.33. The summed E-state index contributed by atoms with van der Waals surface area (Å²) in [5, 5.41) is 0. The molecule has 0 heterocycles. The second-order valence-electron chi connectivity index (χ2n) is 3.03. The summed E-state index contributed by atoms with van der Waals surface area (Å²) < 4.78 is 5.33. The Balaban J connectivity index is 2.85. The van der Waals surface area contributed by atoms with E-state index in [-0.39, 0.29) is 0 Å². The van der Waals surface area contributed by atoms with E-state index in [4.69, 9.17) is 4.74 Å². The molecule has 0 fully saturated rings. The molecule has 0 aliphatic rings. The van der Waals surface area contributed by atoms with Gasteiger partial charge in [0.05, 0.1) is 0 Å². The van der Waals surface area contributed by atoms with Crippen LogP contribution in [0.5, 0.6) is 0 Å². The van der Waals surface area contributed by atoms with E-state index in [1.54, 1.807) is 0 Å². The highest BCUT2D eigenvalue weighted by Crippen LogP contribution is 2.03. The zero-order valence-electron chi connectivity index (χ0n) is 7.86. The van der Waals surface area contributed by atoms with Gasteiger partial charge in [0.15, 0.2) is 0 Å². The molecule has 0 saturated heterocycles. The summed E-state index contributed by atoms with van der Waals surface area (Å²) in [5.74, 6) is 0. The number of rotatable bonds is 7. The number of ether oxygens (including phenoxy) is 1. The number of allylic oxidation sites excluding steroid dienone is 1. The van der Waals surface area contributed by atoms with Crippen molar-refractivity contribution in [1.29, 1.82) is 0 Å². The van der Waals surface area contributed by atoms with Gasteiger partial charge in [-0.3, -0.25) is 0 Å². The van der Waals surface area contributed by atoms with Crippen molar-refractivity contribution in [3.8, 4) is 0 Å². The summed E-state index contributed by atoms with van der Waals surface area (Å²) in [7, 11) is 0. The third kappa shape index (κ3) is 9.70. The summed E-state index contributed by atoms with van der Waals surface area (Å²) >= 11 is 0. The van der Waals surface area contributed by atoms with Crippen molar-refractivity contribution < 1.29 is 4.74 Å². The molecule has 0 aromatic heterocycles. The molecule has 0 aromatic carbocycles. The molecule has 0 bridgehead atoms. The first-order chi connectivity index (χ1) is 5.27. The molecule has 0 atom stereocenters. The van der Waals surface area contributed by atoms with Crippen molar-refractivity contribution >= 4 is 0 Å². The van der Waals surface area contributed by atoms with E-state index in [0.29, 0.717) is 0 Å². The van der Waals surface area contributed by atoms with E-state index in [0.717, 1.165) is 26.1 Å². The highest BCUT2D eigenvalue weighted by Gasteiger charge is 1.89. The first-order valence-corrected chi connectivity index (χ1v) is 4.49. The minimum absolute atomic E-state index is 0.910. The Bertz CT molecular complexity index is 97.0. The fourth-order valence-corrected chi connectivity index (χ4v) is 0.877. The molecule has 1 nitrogen and oxygen atoms in total. The Morgan fingerprint density at radius 3 is 2.55 bits per heavy atom. The van der Waals surface area contributed by atoms with Crippen LogP contribution in [0, 0.1) is 0 Å². The number of hydrogen-bond acceptors (Lipinski definition) is 1. The maximum Gasteiger partial charge on any atom is 0.0466 e. The highest BCUT2D eigenvalue weighted by molar-refractivity contribution is 4.86. The fraction of sp³-hybridized carbons (Fsp3) is 0.800. The number of unbranched alkanes of at least 4 members (excludes halogenated alkanes) is 1. The molecule has 11 heavy (non-hydrogen) atoms. The van der Waals surface area contributed by atoms with E-state index >= 15 is 0 Å². The predicted molar refractivity (Wildman–Crippen MR) is 49.8 cm³/mol. The lowest BCUT2D eigenvalue weighted by Crippen LogP contribution is -1.95. The maximum atomic E-state index is 5.33. The lowest BCUT2D eigenvalue weighted by atomic mass is 10.1. The fourth-order valence-electron chi connectivity index (χ4n) is 0.877. The lowest BCUT2D eigenvalue weighted by molar-refractivity contribution is 0.131. The van der Waals surface area contributed by atoms with Crippen LogP contribution in [0.25, 0.3) is 0 Å². The van der Waals surface area contributed by atoms with Gasteiger partial charge in [0.25, 0.3) is 0 Å². The van der Waals surface area contributed by atoms with E-state index in [2.05, 4.69) is 20.4 Å². The van der Waals surface area contributed by atoms with Crippen LogP contribution in [-0.2, 0) is 4.74 Å². The molecule has 0 amide bonds. The average Bonchev–Trinajstić information content (AvgIpc) is 1.96. The SMILES string of the molecule is C=C(C)CCCCOCCC. The quantitative estimate of drug-likeness (QED) is 0.406. The molecule has 1 heteroatoms. The van der Waals surface area contributed by atoms with Gasteiger partial charge in [0, 0.05) is 13.2 Å². The van der Waals surface area contributed by atoms with Gasteiger partial charge < -0.3 is 4.74 Å². The zero-order chi connectivity index (χ0) is 8.53. The highest BCUT2D eigenvalue weighted by atomic mass is 16.5. The smallest absolute Gasteiger partial charge is 0.0466 e.